The molecule has 0 amide bonds. The fraction of sp³-hybridized carbons (Fsp3) is 0.267. The van der Waals surface area contributed by atoms with Crippen molar-refractivity contribution in [2.45, 2.75) is 20.4 Å². The first-order valence-corrected chi connectivity index (χ1v) is 8.54. The van der Waals surface area contributed by atoms with Crippen molar-refractivity contribution in [1.82, 2.24) is 4.90 Å². The van der Waals surface area contributed by atoms with Gasteiger partial charge in [0.1, 0.15) is 0 Å². The van der Waals surface area contributed by atoms with E-state index in [0.717, 1.165) is 33.7 Å². The zero-order valence-corrected chi connectivity index (χ0v) is 15.0. The van der Waals surface area contributed by atoms with E-state index in [2.05, 4.69) is 17.1 Å². The molecule has 1 heterocycles. The quantitative estimate of drug-likeness (QED) is 0.717. The summed E-state index contributed by atoms with van der Waals surface area (Å²) < 4.78 is 0.797. The number of halogens is 2. The van der Waals surface area contributed by atoms with E-state index < -0.39 is 0 Å². The lowest BCUT2D eigenvalue weighted by molar-refractivity contribution is 0.446. The number of hydrogen-bond acceptors (Lipinski definition) is 2. The molecule has 21 heavy (non-hydrogen) atoms. The van der Waals surface area contributed by atoms with Gasteiger partial charge < -0.3 is 10.2 Å². The predicted octanol–water partition coefficient (Wildman–Crippen LogP) is 5.58. The van der Waals surface area contributed by atoms with Crippen LogP contribution in [0.25, 0.3) is 0 Å². The molecule has 1 aromatic heterocycles. The topological polar surface area (TPSA) is 15.3 Å². The molecule has 0 radical (unpaired) electrons. The minimum Gasteiger partial charge on any atom is -0.344 e. The van der Waals surface area contributed by atoms with Crippen LogP contribution < -0.4 is 5.32 Å². The third kappa shape index (κ3) is 4.33. The van der Waals surface area contributed by atoms with Crippen molar-refractivity contribution in [1.29, 1.82) is 0 Å². The lowest BCUT2D eigenvalue weighted by atomic mass is 10.2. The summed E-state index contributed by atoms with van der Waals surface area (Å²) >= 11 is 19.2. The molecule has 0 unspecified atom stereocenters. The minimum absolute atomic E-state index is 0.687. The van der Waals surface area contributed by atoms with E-state index in [9.17, 15) is 0 Å². The summed E-state index contributed by atoms with van der Waals surface area (Å²) in [4.78, 5) is 3.28. The summed E-state index contributed by atoms with van der Waals surface area (Å²) in [6, 6.07) is 9.70. The molecule has 0 aliphatic heterocycles. The molecule has 112 valence electrons. The molecule has 0 aliphatic rings. The van der Waals surface area contributed by atoms with Crippen molar-refractivity contribution in [3.63, 3.8) is 0 Å². The smallest absolute Gasteiger partial charge is 0.173 e. The first-order chi connectivity index (χ1) is 10.0. The number of nitrogens with one attached hydrogen (secondary N) is 1. The Bertz CT molecular complexity index is 640. The minimum atomic E-state index is 0.687. The average molecular weight is 359 g/mol. The third-order valence-electron chi connectivity index (χ3n) is 3.15. The number of nitrogens with zero attached hydrogens (tertiary/aromatic N) is 1. The predicted molar refractivity (Wildman–Crippen MR) is 97.8 cm³/mol. The number of anilines is 1. The van der Waals surface area contributed by atoms with Crippen LogP contribution >= 0.6 is 46.8 Å². The summed E-state index contributed by atoms with van der Waals surface area (Å²) in [7, 11) is 0. The molecular weight excluding hydrogens is 343 g/mol. The zero-order valence-electron chi connectivity index (χ0n) is 11.8. The first-order valence-electron chi connectivity index (χ1n) is 6.56. The van der Waals surface area contributed by atoms with Gasteiger partial charge in [-0.15, -0.1) is 11.3 Å². The van der Waals surface area contributed by atoms with Gasteiger partial charge in [0.05, 0.1) is 10.9 Å². The van der Waals surface area contributed by atoms with Crippen LogP contribution in [0.5, 0.6) is 0 Å². The summed E-state index contributed by atoms with van der Waals surface area (Å²) in [5.74, 6) is 0. The SMILES string of the molecule is CCN(Cc1ccc(Cl)s1)C(=S)Nc1cccc(Cl)c1C. The number of thiocarbonyl (C=S) groups is 1. The van der Waals surface area contributed by atoms with E-state index >= 15 is 0 Å². The van der Waals surface area contributed by atoms with Crippen molar-refractivity contribution in [2.24, 2.45) is 0 Å². The fourth-order valence-corrected chi connectivity index (χ4v) is 3.47. The van der Waals surface area contributed by atoms with Gasteiger partial charge in [0, 0.05) is 22.1 Å². The molecule has 0 atom stereocenters. The van der Waals surface area contributed by atoms with Crippen LogP contribution in [-0.2, 0) is 6.54 Å². The summed E-state index contributed by atoms with van der Waals surface area (Å²) in [5, 5.41) is 4.69. The number of benzene rings is 1. The lowest BCUT2D eigenvalue weighted by Crippen LogP contribution is -2.34. The van der Waals surface area contributed by atoms with Crippen molar-refractivity contribution < 1.29 is 0 Å². The standard InChI is InChI=1S/C15H16Cl2N2S2/c1-3-19(9-11-7-8-14(17)21-11)15(20)18-13-6-4-5-12(16)10(13)2/h4-8H,3,9H2,1-2H3,(H,18,20). The lowest BCUT2D eigenvalue weighted by Gasteiger charge is -2.24. The second-order valence-electron chi connectivity index (χ2n) is 4.56. The molecule has 2 nitrogen and oxygen atoms in total. The van der Waals surface area contributed by atoms with Crippen LogP contribution in [0.15, 0.2) is 30.3 Å². The van der Waals surface area contributed by atoms with Gasteiger partial charge in [-0.3, -0.25) is 0 Å². The molecular formula is C15H16Cl2N2S2. The molecule has 6 heteroatoms. The first kappa shape index (κ1) is 16.6. The van der Waals surface area contributed by atoms with Gasteiger partial charge in [-0.2, -0.15) is 0 Å². The second-order valence-corrected chi connectivity index (χ2v) is 7.16. The van der Waals surface area contributed by atoms with Crippen LogP contribution in [0.2, 0.25) is 9.36 Å². The Labute approximate surface area is 144 Å². The molecule has 1 N–H and O–H groups in total. The summed E-state index contributed by atoms with van der Waals surface area (Å²) in [5.41, 5.74) is 1.94. The van der Waals surface area contributed by atoms with Crippen LogP contribution in [0, 0.1) is 6.92 Å². The Hall–Kier alpha value is -0.810. The molecule has 0 saturated heterocycles. The monoisotopic (exact) mass is 358 g/mol. The van der Waals surface area contributed by atoms with Gasteiger partial charge in [0.25, 0.3) is 0 Å². The van der Waals surface area contributed by atoms with Crippen LogP contribution in [0.3, 0.4) is 0 Å². The molecule has 0 saturated carbocycles. The van der Waals surface area contributed by atoms with Crippen molar-refractivity contribution in [2.75, 3.05) is 11.9 Å². The second kappa shape index (κ2) is 7.45. The fourth-order valence-electron chi connectivity index (χ4n) is 1.89. The Morgan fingerprint density at radius 1 is 1.29 bits per heavy atom. The maximum absolute atomic E-state index is 6.13. The highest BCUT2D eigenvalue weighted by Gasteiger charge is 2.11. The maximum atomic E-state index is 6.13. The number of hydrogen-bond donors (Lipinski definition) is 1. The van der Waals surface area contributed by atoms with Gasteiger partial charge in [-0.05, 0) is 55.9 Å². The molecule has 2 aromatic rings. The molecule has 0 bridgehead atoms. The summed E-state index contributed by atoms with van der Waals surface area (Å²) in [6.07, 6.45) is 0. The van der Waals surface area contributed by atoms with Gasteiger partial charge in [-0.25, -0.2) is 0 Å². The average Bonchev–Trinajstić information content (AvgIpc) is 2.86. The van der Waals surface area contributed by atoms with Crippen molar-refractivity contribution in [3.05, 3.63) is 50.1 Å². The van der Waals surface area contributed by atoms with E-state index in [-0.39, 0.29) is 0 Å². The highest BCUT2D eigenvalue weighted by atomic mass is 35.5. The molecule has 1 aromatic carbocycles. The van der Waals surface area contributed by atoms with Crippen molar-refractivity contribution in [3.8, 4) is 0 Å². The molecule has 0 spiro atoms. The van der Waals surface area contributed by atoms with Gasteiger partial charge in [0.2, 0.25) is 0 Å². The Morgan fingerprint density at radius 2 is 2.05 bits per heavy atom. The van der Waals surface area contributed by atoms with Gasteiger partial charge >= 0.3 is 0 Å². The van der Waals surface area contributed by atoms with Gasteiger partial charge in [-0.1, -0.05) is 29.3 Å². The highest BCUT2D eigenvalue weighted by molar-refractivity contribution is 7.80. The Morgan fingerprint density at radius 3 is 2.67 bits per heavy atom. The van der Waals surface area contributed by atoms with Crippen LogP contribution in [0.1, 0.15) is 17.4 Å². The van der Waals surface area contributed by atoms with E-state index in [0.29, 0.717) is 5.11 Å². The Kier molecular flexibility index (Phi) is 5.88. The normalized spacial score (nSPS) is 10.5. The molecule has 0 aliphatic carbocycles. The molecule has 0 fully saturated rings. The number of thiophene rings is 1. The van der Waals surface area contributed by atoms with E-state index in [1.807, 2.05) is 37.3 Å². The maximum Gasteiger partial charge on any atom is 0.173 e. The van der Waals surface area contributed by atoms with E-state index in [1.54, 1.807) is 11.3 Å². The highest BCUT2D eigenvalue weighted by Crippen LogP contribution is 2.25. The number of rotatable bonds is 4. The third-order valence-corrected chi connectivity index (χ3v) is 5.14. The van der Waals surface area contributed by atoms with E-state index in [4.69, 9.17) is 35.4 Å². The van der Waals surface area contributed by atoms with Crippen LogP contribution in [-0.4, -0.2) is 16.6 Å². The van der Waals surface area contributed by atoms with Crippen LogP contribution in [0.4, 0.5) is 5.69 Å². The van der Waals surface area contributed by atoms with E-state index in [1.165, 1.54) is 4.88 Å². The Balaban J connectivity index is 2.08. The molecule has 2 rings (SSSR count). The van der Waals surface area contributed by atoms with Gasteiger partial charge in [0.15, 0.2) is 5.11 Å². The van der Waals surface area contributed by atoms with Crippen molar-refractivity contribution >= 4 is 57.6 Å². The largest absolute Gasteiger partial charge is 0.344 e. The summed E-state index contributed by atoms with van der Waals surface area (Å²) in [6.45, 7) is 5.62. The zero-order chi connectivity index (χ0) is 15.4.